The molecule has 0 bridgehead atoms. The van der Waals surface area contributed by atoms with Crippen LogP contribution in [0.4, 0.5) is 0 Å². The second kappa shape index (κ2) is 7.72. The van der Waals surface area contributed by atoms with Gasteiger partial charge in [-0.2, -0.15) is 0 Å². The van der Waals surface area contributed by atoms with E-state index >= 15 is 0 Å². The fourth-order valence-electron chi connectivity index (χ4n) is 3.08. The first-order valence-electron chi connectivity index (χ1n) is 9.77. The molecule has 4 rings (SSSR count). The summed E-state index contributed by atoms with van der Waals surface area (Å²) in [4.78, 5) is 33.5. The fraction of sp³-hybridized carbons (Fsp3) is 0.273. The number of nitrogens with zero attached hydrogens (tertiary/aromatic N) is 4. The molecule has 0 saturated carbocycles. The molecule has 8 heteroatoms. The Morgan fingerprint density at radius 3 is 2.67 bits per heavy atom. The number of aromatic nitrogens is 4. The quantitative estimate of drug-likeness (QED) is 0.532. The van der Waals surface area contributed by atoms with Crippen LogP contribution in [0.2, 0.25) is 0 Å². The van der Waals surface area contributed by atoms with Crippen molar-refractivity contribution in [1.82, 2.24) is 29.4 Å². The Morgan fingerprint density at radius 2 is 1.87 bits per heavy atom. The van der Waals surface area contributed by atoms with Gasteiger partial charge in [0.25, 0.3) is 11.5 Å². The van der Waals surface area contributed by atoms with E-state index in [1.807, 2.05) is 28.9 Å². The van der Waals surface area contributed by atoms with E-state index < -0.39 is 5.91 Å². The van der Waals surface area contributed by atoms with Crippen LogP contribution in [0.3, 0.4) is 0 Å². The number of hydrogen-bond acceptors (Lipinski definition) is 5. The van der Waals surface area contributed by atoms with Gasteiger partial charge in [0.1, 0.15) is 17.0 Å². The van der Waals surface area contributed by atoms with Crippen molar-refractivity contribution in [1.29, 1.82) is 0 Å². The highest BCUT2D eigenvalue weighted by Gasteiger charge is 2.12. The molecule has 0 aromatic carbocycles. The monoisotopic (exact) mass is 404 g/mol. The Balaban J connectivity index is 1.47. The predicted octanol–water partition coefficient (Wildman–Crippen LogP) is 2.16. The van der Waals surface area contributed by atoms with Crippen molar-refractivity contribution in [2.45, 2.75) is 39.4 Å². The minimum Gasteiger partial charge on any atom is -0.345 e. The zero-order valence-corrected chi connectivity index (χ0v) is 17.2. The second-order valence-corrected chi connectivity index (χ2v) is 8.23. The van der Waals surface area contributed by atoms with Gasteiger partial charge in [-0.15, -0.1) is 0 Å². The molecule has 0 radical (unpaired) electrons. The van der Waals surface area contributed by atoms with E-state index in [1.54, 1.807) is 24.4 Å². The summed E-state index contributed by atoms with van der Waals surface area (Å²) in [7, 11) is 0. The third-order valence-electron chi connectivity index (χ3n) is 4.62. The van der Waals surface area contributed by atoms with Crippen LogP contribution in [0.1, 0.15) is 42.5 Å². The summed E-state index contributed by atoms with van der Waals surface area (Å²) in [6.45, 7) is 7.38. The van der Waals surface area contributed by atoms with Gasteiger partial charge in [-0.3, -0.25) is 14.0 Å². The molecule has 0 fully saturated rings. The summed E-state index contributed by atoms with van der Waals surface area (Å²) >= 11 is 0. The van der Waals surface area contributed by atoms with Crippen LogP contribution in [0.25, 0.3) is 11.3 Å². The number of carbonyl (C=O) groups excluding carboxylic acids is 1. The van der Waals surface area contributed by atoms with Crippen LogP contribution < -0.4 is 16.2 Å². The number of pyridine rings is 2. The van der Waals surface area contributed by atoms with E-state index in [0.717, 1.165) is 23.4 Å². The summed E-state index contributed by atoms with van der Waals surface area (Å²) < 4.78 is 3.34. The molecule has 0 saturated heterocycles. The van der Waals surface area contributed by atoms with Crippen LogP contribution in [0, 0.1) is 0 Å². The van der Waals surface area contributed by atoms with Crippen molar-refractivity contribution in [3.8, 4) is 0 Å². The average molecular weight is 404 g/mol. The van der Waals surface area contributed by atoms with E-state index in [0.29, 0.717) is 5.65 Å². The number of fused-ring (bicyclic) bond motifs is 2. The highest BCUT2D eigenvalue weighted by Crippen LogP contribution is 2.10. The third-order valence-corrected chi connectivity index (χ3v) is 4.62. The van der Waals surface area contributed by atoms with Crippen molar-refractivity contribution < 1.29 is 4.79 Å². The first-order valence-corrected chi connectivity index (χ1v) is 9.77. The molecule has 0 aliphatic heterocycles. The molecular weight excluding hydrogens is 380 g/mol. The molecule has 2 N–H and O–H groups in total. The van der Waals surface area contributed by atoms with E-state index in [-0.39, 0.29) is 23.3 Å². The Labute approximate surface area is 173 Å². The molecule has 4 aromatic heterocycles. The van der Waals surface area contributed by atoms with Crippen LogP contribution in [0.5, 0.6) is 0 Å². The van der Waals surface area contributed by atoms with Gasteiger partial charge < -0.3 is 15.0 Å². The van der Waals surface area contributed by atoms with Gasteiger partial charge in [0.05, 0.1) is 12.2 Å². The largest absolute Gasteiger partial charge is 0.345 e. The van der Waals surface area contributed by atoms with Crippen molar-refractivity contribution in [3.05, 3.63) is 82.3 Å². The van der Waals surface area contributed by atoms with Crippen molar-refractivity contribution in [3.63, 3.8) is 0 Å². The summed E-state index contributed by atoms with van der Waals surface area (Å²) in [5.74, 6) is -0.412. The van der Waals surface area contributed by atoms with Crippen LogP contribution in [0.15, 0.2) is 59.8 Å². The fourth-order valence-corrected chi connectivity index (χ4v) is 3.08. The Morgan fingerprint density at radius 1 is 1.03 bits per heavy atom. The Kier molecular flexibility index (Phi) is 5.09. The van der Waals surface area contributed by atoms with E-state index in [4.69, 9.17) is 0 Å². The predicted molar refractivity (Wildman–Crippen MR) is 114 cm³/mol. The van der Waals surface area contributed by atoms with Gasteiger partial charge in [-0.05, 0) is 44.5 Å². The molecule has 4 heterocycles. The molecule has 8 nitrogen and oxygen atoms in total. The number of rotatable bonds is 5. The SMILES string of the molecule is CC(C)(C)NCc1ccc2nc(CNC(=O)c3cc(=O)n4ccccc4n3)cn2c1. The first-order chi connectivity index (χ1) is 14.3. The van der Waals surface area contributed by atoms with Gasteiger partial charge in [0.2, 0.25) is 0 Å². The zero-order valence-electron chi connectivity index (χ0n) is 17.2. The summed E-state index contributed by atoms with van der Waals surface area (Å²) in [5, 5.41) is 6.25. The van der Waals surface area contributed by atoms with Gasteiger partial charge in [-0.25, -0.2) is 9.97 Å². The molecule has 1 amide bonds. The molecule has 0 spiro atoms. The van der Waals surface area contributed by atoms with Gasteiger partial charge in [0.15, 0.2) is 0 Å². The molecular formula is C22H24N6O2. The Bertz CT molecular complexity index is 1280. The highest BCUT2D eigenvalue weighted by atomic mass is 16.2. The second-order valence-electron chi connectivity index (χ2n) is 8.23. The number of hydrogen-bond donors (Lipinski definition) is 2. The molecule has 0 atom stereocenters. The lowest BCUT2D eigenvalue weighted by Gasteiger charge is -2.20. The standard InChI is InChI=1S/C22H24N6O2/c1-22(2,3)24-11-15-7-8-18-25-16(14-27(18)13-15)12-23-21(30)17-10-20(29)28-9-5-4-6-19(28)26-17/h4-10,13-14,24H,11-12H2,1-3H3,(H,23,30). The van der Waals surface area contributed by atoms with E-state index in [1.165, 1.54) is 10.5 Å². The molecule has 4 aromatic rings. The molecule has 0 unspecified atom stereocenters. The normalized spacial score (nSPS) is 11.8. The van der Waals surface area contributed by atoms with Crippen molar-refractivity contribution in [2.75, 3.05) is 0 Å². The van der Waals surface area contributed by atoms with Crippen molar-refractivity contribution >= 4 is 17.2 Å². The summed E-state index contributed by atoms with van der Waals surface area (Å²) in [6.07, 6.45) is 5.53. The summed E-state index contributed by atoms with van der Waals surface area (Å²) in [6, 6.07) is 10.4. The number of carbonyl (C=O) groups is 1. The van der Waals surface area contributed by atoms with Crippen molar-refractivity contribution in [2.24, 2.45) is 0 Å². The topological polar surface area (TPSA) is 92.8 Å². The lowest BCUT2D eigenvalue weighted by Crippen LogP contribution is -2.35. The maximum Gasteiger partial charge on any atom is 0.270 e. The first kappa shape index (κ1) is 19.8. The number of nitrogens with one attached hydrogen (secondary N) is 2. The lowest BCUT2D eigenvalue weighted by atomic mass is 10.1. The molecule has 154 valence electrons. The van der Waals surface area contributed by atoms with Gasteiger partial charge >= 0.3 is 0 Å². The van der Waals surface area contributed by atoms with Gasteiger partial charge in [-0.1, -0.05) is 12.1 Å². The number of imidazole rings is 1. The van der Waals surface area contributed by atoms with E-state index in [2.05, 4.69) is 41.4 Å². The summed E-state index contributed by atoms with van der Waals surface area (Å²) in [5.41, 5.74) is 2.94. The lowest BCUT2D eigenvalue weighted by molar-refractivity contribution is 0.0945. The minimum absolute atomic E-state index is 0.0403. The molecule has 0 aliphatic rings. The average Bonchev–Trinajstić information content (AvgIpc) is 3.12. The number of amides is 1. The maximum atomic E-state index is 12.5. The maximum absolute atomic E-state index is 12.5. The van der Waals surface area contributed by atoms with E-state index in [9.17, 15) is 9.59 Å². The highest BCUT2D eigenvalue weighted by molar-refractivity contribution is 5.92. The van der Waals surface area contributed by atoms with Crippen LogP contribution in [-0.4, -0.2) is 30.2 Å². The van der Waals surface area contributed by atoms with Gasteiger partial charge in [0, 0.05) is 36.7 Å². The minimum atomic E-state index is -0.412. The smallest absolute Gasteiger partial charge is 0.270 e. The Hall–Kier alpha value is -3.52. The van der Waals surface area contributed by atoms with Crippen LogP contribution in [-0.2, 0) is 13.1 Å². The molecule has 0 aliphatic carbocycles. The van der Waals surface area contributed by atoms with Crippen LogP contribution >= 0.6 is 0 Å². The molecule has 30 heavy (non-hydrogen) atoms. The third kappa shape index (κ3) is 4.38. The zero-order chi connectivity index (χ0) is 21.3.